The first-order valence-corrected chi connectivity index (χ1v) is 10.2. The molecule has 3 rings (SSSR count). The molecule has 0 N–H and O–H groups in total. The summed E-state index contributed by atoms with van der Waals surface area (Å²) < 4.78 is 5.41. The zero-order chi connectivity index (χ0) is 21.0. The molecule has 0 radical (unpaired) electrons. The quantitative estimate of drug-likeness (QED) is 0.775. The van der Waals surface area contributed by atoms with Gasteiger partial charge in [0.2, 0.25) is 11.8 Å². The molecule has 1 aromatic rings. The highest BCUT2D eigenvalue weighted by Crippen LogP contribution is 2.24. The van der Waals surface area contributed by atoms with Crippen LogP contribution in [-0.2, 0) is 14.3 Å². The lowest BCUT2D eigenvalue weighted by molar-refractivity contribution is -0.137. The van der Waals surface area contributed by atoms with Crippen LogP contribution in [0.15, 0.2) is 24.5 Å². The minimum Gasteiger partial charge on any atom is -0.444 e. The monoisotopic (exact) mass is 402 g/mol. The smallest absolute Gasteiger partial charge is 0.410 e. The molecule has 1 aromatic heterocycles. The van der Waals surface area contributed by atoms with E-state index >= 15 is 0 Å². The molecule has 2 saturated heterocycles. The van der Waals surface area contributed by atoms with Gasteiger partial charge in [-0.2, -0.15) is 0 Å². The normalized spacial score (nSPS) is 18.7. The van der Waals surface area contributed by atoms with Crippen molar-refractivity contribution in [3.63, 3.8) is 0 Å². The molecule has 2 fully saturated rings. The van der Waals surface area contributed by atoms with E-state index < -0.39 is 5.60 Å². The Kier molecular flexibility index (Phi) is 6.39. The number of hydrogen-bond donors (Lipinski definition) is 0. The SMILES string of the molecule is CC(C)(C)OC(=O)N1CCC(CC(=O)N2CCN(c3cccnc3)C(=O)C2)CC1. The van der Waals surface area contributed by atoms with Crippen molar-refractivity contribution in [3.8, 4) is 0 Å². The maximum atomic E-state index is 12.7. The van der Waals surface area contributed by atoms with Crippen molar-refractivity contribution >= 4 is 23.6 Å². The van der Waals surface area contributed by atoms with Crippen LogP contribution in [0.4, 0.5) is 10.5 Å². The molecular weight excluding hydrogens is 372 g/mol. The fraction of sp³-hybridized carbons (Fsp3) is 0.619. The van der Waals surface area contributed by atoms with E-state index in [0.717, 1.165) is 18.5 Å². The number of nitrogens with zero attached hydrogens (tertiary/aromatic N) is 4. The molecule has 0 bridgehead atoms. The average Bonchev–Trinajstić information content (AvgIpc) is 2.67. The minimum atomic E-state index is -0.506. The number of likely N-dealkylation sites (tertiary alicyclic amines) is 1. The predicted molar refractivity (Wildman–Crippen MR) is 108 cm³/mol. The molecule has 0 atom stereocenters. The van der Waals surface area contributed by atoms with Gasteiger partial charge in [0.15, 0.2) is 0 Å². The topological polar surface area (TPSA) is 83.1 Å². The molecule has 0 unspecified atom stereocenters. The summed E-state index contributed by atoms with van der Waals surface area (Å²) in [5.74, 6) is 0.157. The average molecular weight is 402 g/mol. The number of carbonyl (C=O) groups excluding carboxylic acids is 3. The number of anilines is 1. The standard InChI is InChI=1S/C21H30N4O4/c1-21(2,3)29-20(28)23-9-6-16(7-10-23)13-18(26)24-11-12-25(19(27)15-24)17-5-4-8-22-14-17/h4-5,8,14,16H,6-7,9-13,15H2,1-3H3. The van der Waals surface area contributed by atoms with Crippen LogP contribution in [0.3, 0.4) is 0 Å². The maximum absolute atomic E-state index is 12.7. The van der Waals surface area contributed by atoms with Crippen LogP contribution in [0.2, 0.25) is 0 Å². The van der Waals surface area contributed by atoms with Crippen molar-refractivity contribution in [2.24, 2.45) is 5.92 Å². The van der Waals surface area contributed by atoms with Gasteiger partial charge in [0, 0.05) is 38.8 Å². The lowest BCUT2D eigenvalue weighted by Gasteiger charge is -2.36. The van der Waals surface area contributed by atoms with Crippen molar-refractivity contribution in [2.75, 3.05) is 37.6 Å². The number of piperidine rings is 1. The van der Waals surface area contributed by atoms with Crippen LogP contribution in [-0.4, -0.2) is 71.0 Å². The van der Waals surface area contributed by atoms with E-state index in [1.54, 1.807) is 33.2 Å². The Bertz CT molecular complexity index is 739. The third-order valence-electron chi connectivity index (χ3n) is 5.26. The summed E-state index contributed by atoms with van der Waals surface area (Å²) in [5, 5.41) is 0. The second kappa shape index (κ2) is 8.80. The highest BCUT2D eigenvalue weighted by Gasteiger charge is 2.31. The third-order valence-corrected chi connectivity index (χ3v) is 5.26. The molecule has 2 aliphatic heterocycles. The molecule has 0 aromatic carbocycles. The first-order chi connectivity index (χ1) is 13.7. The van der Waals surface area contributed by atoms with E-state index in [1.165, 1.54) is 0 Å². The van der Waals surface area contributed by atoms with Gasteiger partial charge >= 0.3 is 6.09 Å². The predicted octanol–water partition coefficient (Wildman–Crippen LogP) is 2.29. The summed E-state index contributed by atoms with van der Waals surface area (Å²) in [6, 6.07) is 3.64. The Hall–Kier alpha value is -2.64. The Balaban J connectivity index is 1.45. The second-order valence-electron chi connectivity index (χ2n) is 8.69. The number of ether oxygens (including phenoxy) is 1. The van der Waals surface area contributed by atoms with E-state index in [-0.39, 0.29) is 30.4 Å². The van der Waals surface area contributed by atoms with Crippen LogP contribution in [0.5, 0.6) is 0 Å². The lowest BCUT2D eigenvalue weighted by atomic mass is 9.93. The Morgan fingerprint density at radius 1 is 1.14 bits per heavy atom. The molecule has 0 saturated carbocycles. The van der Waals surface area contributed by atoms with Crippen LogP contribution < -0.4 is 4.90 Å². The van der Waals surface area contributed by atoms with E-state index in [4.69, 9.17) is 4.74 Å². The molecular formula is C21H30N4O4. The number of pyridine rings is 1. The summed E-state index contributed by atoms with van der Waals surface area (Å²) in [7, 11) is 0. The van der Waals surface area contributed by atoms with Gasteiger partial charge in [-0.3, -0.25) is 14.6 Å². The number of carbonyl (C=O) groups is 3. The van der Waals surface area contributed by atoms with Crippen LogP contribution in [0.25, 0.3) is 0 Å². The highest BCUT2D eigenvalue weighted by atomic mass is 16.6. The molecule has 158 valence electrons. The lowest BCUT2D eigenvalue weighted by Crippen LogP contribution is -2.53. The van der Waals surface area contributed by atoms with Gasteiger partial charge < -0.3 is 19.4 Å². The largest absolute Gasteiger partial charge is 0.444 e. The summed E-state index contributed by atoms with van der Waals surface area (Å²) in [4.78, 5) is 46.4. The molecule has 0 aliphatic carbocycles. The van der Waals surface area contributed by atoms with Gasteiger partial charge in [0.25, 0.3) is 0 Å². The molecule has 0 spiro atoms. The number of amides is 3. The number of piperazine rings is 1. The van der Waals surface area contributed by atoms with Crippen LogP contribution in [0, 0.1) is 5.92 Å². The Morgan fingerprint density at radius 3 is 2.45 bits per heavy atom. The van der Waals surface area contributed by atoms with Gasteiger partial charge in [-0.1, -0.05) is 0 Å². The number of hydrogen-bond acceptors (Lipinski definition) is 5. The van der Waals surface area contributed by atoms with E-state index in [9.17, 15) is 14.4 Å². The summed E-state index contributed by atoms with van der Waals surface area (Å²) in [5.41, 5.74) is 0.258. The van der Waals surface area contributed by atoms with Crippen molar-refractivity contribution < 1.29 is 19.1 Å². The summed E-state index contributed by atoms with van der Waals surface area (Å²) in [6.07, 6.45) is 5.00. The van der Waals surface area contributed by atoms with Crippen LogP contribution >= 0.6 is 0 Å². The van der Waals surface area contributed by atoms with Crippen molar-refractivity contribution in [3.05, 3.63) is 24.5 Å². The molecule has 8 heteroatoms. The Labute approximate surface area is 171 Å². The second-order valence-corrected chi connectivity index (χ2v) is 8.69. The molecule has 3 amide bonds. The fourth-order valence-electron chi connectivity index (χ4n) is 3.69. The van der Waals surface area contributed by atoms with Crippen molar-refractivity contribution in [2.45, 2.75) is 45.6 Å². The Morgan fingerprint density at radius 2 is 1.86 bits per heavy atom. The van der Waals surface area contributed by atoms with Gasteiger partial charge in [0.05, 0.1) is 11.9 Å². The zero-order valence-electron chi connectivity index (χ0n) is 17.5. The summed E-state index contributed by atoms with van der Waals surface area (Å²) >= 11 is 0. The number of aromatic nitrogens is 1. The van der Waals surface area contributed by atoms with Gasteiger partial charge in [-0.15, -0.1) is 0 Å². The summed E-state index contributed by atoms with van der Waals surface area (Å²) in [6.45, 7) is 7.86. The van der Waals surface area contributed by atoms with E-state index in [1.807, 2.05) is 26.8 Å². The third kappa shape index (κ3) is 5.68. The first-order valence-electron chi connectivity index (χ1n) is 10.2. The fourth-order valence-corrected chi connectivity index (χ4v) is 3.69. The van der Waals surface area contributed by atoms with Gasteiger partial charge in [0.1, 0.15) is 12.1 Å². The van der Waals surface area contributed by atoms with Gasteiger partial charge in [-0.05, 0) is 51.7 Å². The van der Waals surface area contributed by atoms with Crippen molar-refractivity contribution in [1.82, 2.24) is 14.8 Å². The van der Waals surface area contributed by atoms with Crippen molar-refractivity contribution in [1.29, 1.82) is 0 Å². The number of rotatable bonds is 3. The molecule has 3 heterocycles. The minimum absolute atomic E-state index is 0.0138. The van der Waals surface area contributed by atoms with Crippen LogP contribution in [0.1, 0.15) is 40.0 Å². The van der Waals surface area contributed by atoms with E-state index in [2.05, 4.69) is 4.98 Å². The van der Waals surface area contributed by atoms with E-state index in [0.29, 0.717) is 32.6 Å². The first kappa shape index (κ1) is 21.1. The maximum Gasteiger partial charge on any atom is 0.410 e. The van der Waals surface area contributed by atoms with Gasteiger partial charge in [-0.25, -0.2) is 4.79 Å². The zero-order valence-corrected chi connectivity index (χ0v) is 17.5. The molecule has 2 aliphatic rings. The highest BCUT2D eigenvalue weighted by molar-refractivity contribution is 5.97. The molecule has 29 heavy (non-hydrogen) atoms. The molecule has 8 nitrogen and oxygen atoms in total.